The predicted molar refractivity (Wildman–Crippen MR) is 130 cm³/mol. The largest absolute Gasteiger partial charge is 0.490 e. The molecular formula is C26H25N3O5S. The molecule has 1 aliphatic carbocycles. The average Bonchev–Trinajstić information content (AvgIpc) is 2.91. The zero-order valence-corrected chi connectivity index (χ0v) is 19.8. The van der Waals surface area contributed by atoms with Crippen molar-refractivity contribution >= 4 is 15.9 Å². The lowest BCUT2D eigenvalue weighted by Crippen LogP contribution is -2.40. The zero-order chi connectivity index (χ0) is 24.8. The van der Waals surface area contributed by atoms with Crippen molar-refractivity contribution in [3.05, 3.63) is 90.0 Å². The number of hydrogen-bond acceptors (Lipinski definition) is 7. The molecule has 1 unspecified atom stereocenters. The van der Waals surface area contributed by atoms with Crippen LogP contribution < -0.4 is 14.2 Å². The number of hydrogen-bond donors (Lipinski definition) is 1. The fourth-order valence-corrected chi connectivity index (χ4v) is 5.31. The number of nitriles is 1. The minimum Gasteiger partial charge on any atom is -0.490 e. The maximum absolute atomic E-state index is 11.8. The van der Waals surface area contributed by atoms with Gasteiger partial charge in [0.1, 0.15) is 35.1 Å². The monoisotopic (exact) mass is 491 g/mol. The molecule has 1 aromatic carbocycles. The Balaban J connectivity index is 1.36. The van der Waals surface area contributed by atoms with Crippen molar-refractivity contribution < 1.29 is 22.7 Å². The molecule has 2 heterocycles. The molecule has 4 rings (SSSR count). The van der Waals surface area contributed by atoms with Crippen molar-refractivity contribution in [2.45, 2.75) is 37.7 Å². The Kier molecular flexibility index (Phi) is 7.32. The van der Waals surface area contributed by atoms with Crippen molar-refractivity contribution in [3.8, 4) is 17.6 Å². The number of nitrogens with zero attached hydrogens (tertiary/aromatic N) is 2. The van der Waals surface area contributed by atoms with Gasteiger partial charge in [0.25, 0.3) is 0 Å². The summed E-state index contributed by atoms with van der Waals surface area (Å²) >= 11 is 0. The van der Waals surface area contributed by atoms with Crippen LogP contribution in [0.2, 0.25) is 0 Å². The Morgan fingerprint density at radius 3 is 2.60 bits per heavy atom. The quantitative estimate of drug-likeness (QED) is 0.674. The molecular weight excluding hydrogens is 466 g/mol. The van der Waals surface area contributed by atoms with Gasteiger partial charge in [0.15, 0.2) is 0 Å². The highest BCUT2D eigenvalue weighted by molar-refractivity contribution is 7.90. The Labute approximate surface area is 204 Å². The summed E-state index contributed by atoms with van der Waals surface area (Å²) < 4.78 is 37.8. The first-order valence-corrected chi connectivity index (χ1v) is 12.9. The first-order valence-electron chi connectivity index (χ1n) is 11.2. The molecule has 0 bridgehead atoms. The fourth-order valence-electron chi connectivity index (χ4n) is 3.96. The Morgan fingerprint density at radius 2 is 1.91 bits per heavy atom. The summed E-state index contributed by atoms with van der Waals surface area (Å²) in [5.74, 6) is 0.878. The van der Waals surface area contributed by atoms with E-state index in [-0.39, 0.29) is 24.2 Å². The second-order valence-electron chi connectivity index (χ2n) is 8.45. The molecule has 1 N–H and O–H groups in total. The van der Waals surface area contributed by atoms with Crippen LogP contribution in [0.25, 0.3) is 0 Å². The van der Waals surface area contributed by atoms with Gasteiger partial charge in [-0.2, -0.15) is 5.26 Å². The van der Waals surface area contributed by atoms with Crippen LogP contribution in [0.5, 0.6) is 11.5 Å². The standard InChI is InChI=1S/C26H25N3O5S/c1-18-6-10-22(4-2-3-5-25(18)34-24-13-9-21(15-27)28-16-24)33-23-11-7-19(8-12-23)20-14-26(30)29-35(31,32)17-20/h2-3,5,7-9,11-13,16,20,22H,1,4,6,10,14,17H2,(H,29,30)/b3-2-,25-5+/t20?,22-/m0/s1. The predicted octanol–water partition coefficient (Wildman–Crippen LogP) is 3.89. The number of aromatic nitrogens is 1. The molecule has 2 aliphatic rings. The molecule has 35 heavy (non-hydrogen) atoms. The number of allylic oxidation sites excluding steroid dienone is 3. The van der Waals surface area contributed by atoms with Gasteiger partial charge in [-0.05, 0) is 54.3 Å². The van der Waals surface area contributed by atoms with E-state index in [0.717, 1.165) is 17.6 Å². The van der Waals surface area contributed by atoms with Crippen molar-refractivity contribution in [2.75, 3.05) is 5.75 Å². The van der Waals surface area contributed by atoms with E-state index in [4.69, 9.17) is 14.7 Å². The Morgan fingerprint density at radius 1 is 1.14 bits per heavy atom. The summed E-state index contributed by atoms with van der Waals surface area (Å²) in [4.78, 5) is 15.7. The second kappa shape index (κ2) is 10.6. The fraction of sp³-hybridized carbons (Fsp3) is 0.269. The van der Waals surface area contributed by atoms with Gasteiger partial charge in [-0.3, -0.25) is 9.52 Å². The highest BCUT2D eigenvalue weighted by Crippen LogP contribution is 2.28. The van der Waals surface area contributed by atoms with Crippen LogP contribution in [-0.4, -0.2) is 31.2 Å². The molecule has 0 spiro atoms. The van der Waals surface area contributed by atoms with Crippen molar-refractivity contribution in [3.63, 3.8) is 0 Å². The third-order valence-corrected chi connectivity index (χ3v) is 7.13. The van der Waals surface area contributed by atoms with Gasteiger partial charge in [-0.25, -0.2) is 13.4 Å². The lowest BCUT2D eigenvalue weighted by Gasteiger charge is -2.23. The summed E-state index contributed by atoms with van der Waals surface area (Å²) in [6.45, 7) is 4.15. The number of benzene rings is 1. The van der Waals surface area contributed by atoms with Crippen LogP contribution in [0.3, 0.4) is 0 Å². The van der Waals surface area contributed by atoms with E-state index in [0.29, 0.717) is 35.8 Å². The first kappa shape index (κ1) is 24.2. The molecule has 1 aromatic heterocycles. The smallest absolute Gasteiger partial charge is 0.235 e. The van der Waals surface area contributed by atoms with Gasteiger partial charge in [0, 0.05) is 18.8 Å². The number of carbonyl (C=O) groups excluding carboxylic acids is 1. The van der Waals surface area contributed by atoms with Crippen LogP contribution in [0.1, 0.15) is 42.9 Å². The maximum atomic E-state index is 11.8. The molecule has 0 radical (unpaired) electrons. The van der Waals surface area contributed by atoms with Crippen molar-refractivity contribution in [1.29, 1.82) is 5.26 Å². The van der Waals surface area contributed by atoms with E-state index in [1.165, 1.54) is 6.20 Å². The number of carbonyl (C=O) groups is 1. The van der Waals surface area contributed by atoms with Gasteiger partial charge in [0.2, 0.25) is 15.9 Å². The van der Waals surface area contributed by atoms with E-state index >= 15 is 0 Å². The van der Waals surface area contributed by atoms with Gasteiger partial charge >= 0.3 is 0 Å². The summed E-state index contributed by atoms with van der Waals surface area (Å²) in [7, 11) is -3.58. The number of pyridine rings is 1. The van der Waals surface area contributed by atoms with Gasteiger partial charge in [-0.15, -0.1) is 0 Å². The lowest BCUT2D eigenvalue weighted by molar-refractivity contribution is -0.119. The highest BCUT2D eigenvalue weighted by atomic mass is 32.2. The van der Waals surface area contributed by atoms with E-state index in [1.807, 2.05) is 53.3 Å². The minimum absolute atomic E-state index is 0.0842. The van der Waals surface area contributed by atoms with Crippen LogP contribution in [0.15, 0.2) is 78.7 Å². The topological polar surface area (TPSA) is 118 Å². The molecule has 9 heteroatoms. The van der Waals surface area contributed by atoms with E-state index in [9.17, 15) is 13.2 Å². The number of ether oxygens (including phenoxy) is 2. The molecule has 180 valence electrons. The Hall–Kier alpha value is -3.90. The van der Waals surface area contributed by atoms with Crippen LogP contribution in [0, 0.1) is 11.3 Å². The molecule has 1 saturated heterocycles. The van der Waals surface area contributed by atoms with Crippen LogP contribution >= 0.6 is 0 Å². The Bertz CT molecular complexity index is 1310. The van der Waals surface area contributed by atoms with Crippen molar-refractivity contribution in [1.82, 2.24) is 9.71 Å². The number of amides is 1. The van der Waals surface area contributed by atoms with E-state index in [1.54, 1.807) is 12.1 Å². The summed E-state index contributed by atoms with van der Waals surface area (Å²) in [6.07, 6.45) is 9.40. The number of nitrogens with one attached hydrogen (secondary N) is 1. The van der Waals surface area contributed by atoms with E-state index < -0.39 is 15.9 Å². The SMILES string of the molecule is C=C1CC[C@@H](Oc2ccc(C3CC(=O)NS(=O)(=O)C3)cc2)C/C=C\C=C/1Oc1ccc(C#N)nc1. The van der Waals surface area contributed by atoms with Crippen LogP contribution in [0.4, 0.5) is 0 Å². The maximum Gasteiger partial charge on any atom is 0.235 e. The van der Waals surface area contributed by atoms with Gasteiger partial charge in [0.05, 0.1) is 11.9 Å². The summed E-state index contributed by atoms with van der Waals surface area (Å²) in [6, 6.07) is 12.5. The molecule has 1 fully saturated rings. The third-order valence-electron chi connectivity index (χ3n) is 5.75. The molecule has 2 aromatic rings. The zero-order valence-electron chi connectivity index (χ0n) is 19.0. The number of rotatable bonds is 5. The first-order chi connectivity index (χ1) is 16.8. The minimum atomic E-state index is -3.58. The van der Waals surface area contributed by atoms with E-state index in [2.05, 4.69) is 11.6 Å². The summed E-state index contributed by atoms with van der Waals surface area (Å²) in [5, 5.41) is 8.89. The van der Waals surface area contributed by atoms with Crippen molar-refractivity contribution in [2.24, 2.45) is 0 Å². The molecule has 8 nitrogen and oxygen atoms in total. The normalized spacial score (nSPS) is 24.4. The van der Waals surface area contributed by atoms with Gasteiger partial charge in [-0.1, -0.05) is 30.9 Å². The third kappa shape index (κ3) is 6.58. The molecule has 1 aliphatic heterocycles. The average molecular weight is 492 g/mol. The van der Waals surface area contributed by atoms with Crippen LogP contribution in [-0.2, 0) is 14.8 Å². The summed E-state index contributed by atoms with van der Waals surface area (Å²) in [5.41, 5.74) is 1.94. The highest BCUT2D eigenvalue weighted by Gasteiger charge is 2.30. The molecule has 0 saturated carbocycles. The molecule has 1 amide bonds. The molecule has 2 atom stereocenters. The lowest BCUT2D eigenvalue weighted by atomic mass is 9.97. The second-order valence-corrected chi connectivity index (χ2v) is 10.2. The van der Waals surface area contributed by atoms with Gasteiger partial charge < -0.3 is 9.47 Å². The number of sulfonamides is 1.